The minimum Gasteiger partial charge on any atom is -0.488 e. The largest absolute Gasteiger partial charge is 0.488 e. The van der Waals surface area contributed by atoms with Crippen LogP contribution in [0.3, 0.4) is 0 Å². The van der Waals surface area contributed by atoms with Crippen molar-refractivity contribution in [1.82, 2.24) is 0 Å². The average Bonchev–Trinajstić information content (AvgIpc) is 3.28. The highest BCUT2D eigenvalue weighted by Crippen LogP contribution is 2.33. The minimum atomic E-state index is -1.45. The highest BCUT2D eigenvalue weighted by Gasteiger charge is 2.21. The molecule has 3 rings (SSSR count). The summed E-state index contributed by atoms with van der Waals surface area (Å²) in [4.78, 5) is 1.02. The monoisotopic (exact) mass is 384 g/mol. The van der Waals surface area contributed by atoms with Gasteiger partial charge < -0.3 is 19.7 Å². The number of rotatable bonds is 10. The Bertz CT molecular complexity index is 705. The number of benzene rings is 1. The highest BCUT2D eigenvalue weighted by molar-refractivity contribution is 7.10. The van der Waals surface area contributed by atoms with Crippen LogP contribution in [0.4, 0.5) is 8.78 Å². The second kappa shape index (κ2) is 8.90. The van der Waals surface area contributed by atoms with Gasteiger partial charge in [-0.15, -0.1) is 11.3 Å². The number of aliphatic hydroxyl groups is 2. The summed E-state index contributed by atoms with van der Waals surface area (Å²) in [6.07, 6.45) is 1.40. The Labute approximate surface area is 155 Å². The summed E-state index contributed by atoms with van der Waals surface area (Å²) < 4.78 is 39.1. The quantitative estimate of drug-likeness (QED) is 0.479. The lowest BCUT2D eigenvalue weighted by Gasteiger charge is -2.10. The molecule has 1 fully saturated rings. The summed E-state index contributed by atoms with van der Waals surface area (Å²) in [5.41, 5.74) is 1.19. The lowest BCUT2D eigenvalue weighted by atomic mass is 10.1. The molecular formula is C19H22F2O4S. The van der Waals surface area contributed by atoms with Crippen molar-refractivity contribution in [2.75, 3.05) is 13.2 Å². The summed E-state index contributed by atoms with van der Waals surface area (Å²) in [7, 11) is 0. The van der Waals surface area contributed by atoms with Crippen LogP contribution in [-0.4, -0.2) is 29.7 Å². The van der Waals surface area contributed by atoms with Crippen molar-refractivity contribution in [3.8, 4) is 16.9 Å². The molecule has 1 heterocycles. The van der Waals surface area contributed by atoms with E-state index in [0.29, 0.717) is 18.1 Å². The van der Waals surface area contributed by atoms with Gasteiger partial charge in [-0.2, -0.15) is 0 Å². The van der Waals surface area contributed by atoms with E-state index in [1.165, 1.54) is 36.3 Å². The molecule has 1 aromatic heterocycles. The van der Waals surface area contributed by atoms with E-state index in [9.17, 15) is 8.78 Å². The zero-order valence-corrected chi connectivity index (χ0v) is 15.1. The van der Waals surface area contributed by atoms with Crippen molar-refractivity contribution in [3.05, 3.63) is 40.1 Å². The molecule has 1 aliphatic carbocycles. The van der Waals surface area contributed by atoms with E-state index < -0.39 is 23.7 Å². The van der Waals surface area contributed by atoms with Crippen LogP contribution in [-0.2, 0) is 11.3 Å². The molecule has 1 saturated carbocycles. The zero-order chi connectivity index (χ0) is 18.5. The van der Waals surface area contributed by atoms with Crippen LogP contribution in [0.2, 0.25) is 0 Å². The SMILES string of the molecule is OC(O)CCCOc1c(F)cc(-c2csc(COCC3CC3)c2)cc1F. The molecule has 2 N–H and O–H groups in total. The van der Waals surface area contributed by atoms with Crippen LogP contribution in [0.5, 0.6) is 5.75 Å². The molecule has 0 unspecified atom stereocenters. The van der Waals surface area contributed by atoms with Crippen molar-refractivity contribution in [1.29, 1.82) is 0 Å². The Hall–Kier alpha value is -1.54. The normalized spacial score (nSPS) is 14.2. The van der Waals surface area contributed by atoms with Gasteiger partial charge >= 0.3 is 0 Å². The molecule has 0 spiro atoms. The van der Waals surface area contributed by atoms with Gasteiger partial charge in [0.15, 0.2) is 23.7 Å². The molecule has 0 aliphatic heterocycles. The second-order valence-corrected chi connectivity index (χ2v) is 7.50. The standard InChI is InChI=1S/C19H22F2O4S/c20-16-7-13(8-17(21)19(16)25-5-1-2-18(22)23)14-6-15(26-11-14)10-24-9-12-3-4-12/h6-8,11-12,18,22-23H,1-5,9-10H2. The van der Waals surface area contributed by atoms with E-state index in [-0.39, 0.29) is 19.4 Å². The zero-order valence-electron chi connectivity index (χ0n) is 14.3. The van der Waals surface area contributed by atoms with Crippen LogP contribution >= 0.6 is 11.3 Å². The first-order valence-electron chi connectivity index (χ1n) is 8.66. The smallest absolute Gasteiger partial charge is 0.190 e. The summed E-state index contributed by atoms with van der Waals surface area (Å²) in [5.74, 6) is -1.29. The molecule has 2 aromatic rings. The van der Waals surface area contributed by atoms with Gasteiger partial charge in [-0.1, -0.05) is 0 Å². The summed E-state index contributed by atoms with van der Waals surface area (Å²) in [5, 5.41) is 19.4. The molecule has 0 radical (unpaired) electrons. The number of hydrogen-bond acceptors (Lipinski definition) is 5. The third-order valence-corrected chi connectivity index (χ3v) is 5.04. The predicted octanol–water partition coefficient (Wildman–Crippen LogP) is 4.09. The molecular weight excluding hydrogens is 362 g/mol. The van der Waals surface area contributed by atoms with E-state index in [1.54, 1.807) is 0 Å². The van der Waals surface area contributed by atoms with Gasteiger partial charge in [-0.3, -0.25) is 0 Å². The summed E-state index contributed by atoms with van der Waals surface area (Å²) >= 11 is 1.50. The molecule has 1 aliphatic rings. The third kappa shape index (κ3) is 5.48. The Kier molecular flexibility index (Phi) is 6.58. The molecule has 0 bridgehead atoms. The van der Waals surface area contributed by atoms with E-state index in [2.05, 4.69) is 0 Å². The van der Waals surface area contributed by atoms with Crippen molar-refractivity contribution in [2.24, 2.45) is 5.92 Å². The number of thiophene rings is 1. The van der Waals surface area contributed by atoms with E-state index >= 15 is 0 Å². The molecule has 0 saturated heterocycles. The molecule has 0 atom stereocenters. The molecule has 0 amide bonds. The van der Waals surface area contributed by atoms with E-state index in [4.69, 9.17) is 19.7 Å². The fourth-order valence-electron chi connectivity index (χ4n) is 2.52. The molecule has 7 heteroatoms. The predicted molar refractivity (Wildman–Crippen MR) is 95.0 cm³/mol. The van der Waals surface area contributed by atoms with E-state index in [1.807, 2.05) is 11.4 Å². The molecule has 1 aromatic carbocycles. The molecule has 4 nitrogen and oxygen atoms in total. The fraction of sp³-hybridized carbons (Fsp3) is 0.474. The number of aliphatic hydroxyl groups excluding tert-OH is 1. The molecule has 26 heavy (non-hydrogen) atoms. The summed E-state index contributed by atoms with van der Waals surface area (Å²) in [6, 6.07) is 4.38. The first kappa shape index (κ1) is 19.2. The highest BCUT2D eigenvalue weighted by atomic mass is 32.1. The fourth-order valence-corrected chi connectivity index (χ4v) is 3.35. The summed E-state index contributed by atoms with van der Waals surface area (Å²) in [6.45, 7) is 1.30. The molecule has 142 valence electrons. The Morgan fingerprint density at radius 3 is 2.50 bits per heavy atom. The lowest BCUT2D eigenvalue weighted by molar-refractivity contribution is -0.0480. The van der Waals surface area contributed by atoms with Crippen molar-refractivity contribution in [2.45, 2.75) is 38.6 Å². The Morgan fingerprint density at radius 1 is 1.12 bits per heavy atom. The van der Waals surface area contributed by atoms with Crippen molar-refractivity contribution >= 4 is 11.3 Å². The maximum Gasteiger partial charge on any atom is 0.190 e. The van der Waals surface area contributed by atoms with Gasteiger partial charge in [0.25, 0.3) is 0 Å². The second-order valence-electron chi connectivity index (χ2n) is 6.50. The third-order valence-electron chi connectivity index (χ3n) is 4.13. The van der Waals surface area contributed by atoms with Crippen molar-refractivity contribution < 1.29 is 28.5 Å². The lowest BCUT2D eigenvalue weighted by Crippen LogP contribution is -2.08. The maximum absolute atomic E-state index is 14.2. The van der Waals surface area contributed by atoms with Gasteiger partial charge in [-0.05, 0) is 59.9 Å². The number of hydrogen-bond donors (Lipinski definition) is 2. The Balaban J connectivity index is 1.60. The number of ether oxygens (including phenoxy) is 2. The maximum atomic E-state index is 14.2. The topological polar surface area (TPSA) is 58.9 Å². The number of halogens is 2. The minimum absolute atomic E-state index is 0.00569. The first-order chi connectivity index (χ1) is 12.5. The van der Waals surface area contributed by atoms with Gasteiger partial charge in [0.05, 0.1) is 13.2 Å². The van der Waals surface area contributed by atoms with E-state index in [0.717, 1.165) is 17.0 Å². The first-order valence-corrected chi connectivity index (χ1v) is 9.54. The van der Waals surface area contributed by atoms with Gasteiger partial charge in [0, 0.05) is 17.9 Å². The average molecular weight is 384 g/mol. The van der Waals surface area contributed by atoms with Crippen LogP contribution in [0.1, 0.15) is 30.6 Å². The van der Waals surface area contributed by atoms with Crippen molar-refractivity contribution in [3.63, 3.8) is 0 Å². The van der Waals surface area contributed by atoms with Crippen LogP contribution in [0, 0.1) is 17.6 Å². The Morgan fingerprint density at radius 2 is 1.85 bits per heavy atom. The van der Waals surface area contributed by atoms with Crippen LogP contribution < -0.4 is 4.74 Å². The van der Waals surface area contributed by atoms with Gasteiger partial charge in [0.2, 0.25) is 0 Å². The van der Waals surface area contributed by atoms with Gasteiger partial charge in [0.1, 0.15) is 0 Å². The van der Waals surface area contributed by atoms with Crippen LogP contribution in [0.25, 0.3) is 11.1 Å². The van der Waals surface area contributed by atoms with Gasteiger partial charge in [-0.25, -0.2) is 8.78 Å². The van der Waals surface area contributed by atoms with Crippen LogP contribution in [0.15, 0.2) is 23.6 Å².